The van der Waals surface area contributed by atoms with Crippen molar-refractivity contribution < 1.29 is 4.79 Å². The van der Waals surface area contributed by atoms with Gasteiger partial charge < -0.3 is 0 Å². The van der Waals surface area contributed by atoms with Gasteiger partial charge in [0.1, 0.15) is 0 Å². The zero-order valence-corrected chi connectivity index (χ0v) is 13.2. The summed E-state index contributed by atoms with van der Waals surface area (Å²) in [6, 6.07) is 6.38. The average Bonchev–Trinajstić information content (AvgIpc) is 2.32. The lowest BCUT2D eigenvalue weighted by molar-refractivity contribution is 0.0976. The van der Waals surface area contributed by atoms with E-state index in [1.54, 1.807) is 0 Å². The largest absolute Gasteiger partial charge is 0.293 e. The Morgan fingerprint density at radius 1 is 1.33 bits per heavy atom. The molecule has 2 atom stereocenters. The molecule has 0 aliphatic heterocycles. The fourth-order valence-electron chi connectivity index (χ4n) is 2.63. The molecule has 0 aromatic heterocycles. The number of halogens is 1. The van der Waals surface area contributed by atoms with E-state index < -0.39 is 0 Å². The molecule has 18 heavy (non-hydrogen) atoms. The Bertz CT molecular complexity index is 470. The molecule has 0 heterocycles. The highest BCUT2D eigenvalue weighted by atomic mass is 79.9. The first-order valence-corrected chi connectivity index (χ1v) is 7.59. The van der Waals surface area contributed by atoms with Crippen LogP contribution in [0.3, 0.4) is 0 Å². The van der Waals surface area contributed by atoms with Gasteiger partial charge in [0.25, 0.3) is 0 Å². The second-order valence-electron chi connectivity index (χ2n) is 6.22. The van der Waals surface area contributed by atoms with Gasteiger partial charge in [-0.2, -0.15) is 0 Å². The molecule has 2 rings (SSSR count). The minimum absolute atomic E-state index is 0.00423. The van der Waals surface area contributed by atoms with E-state index >= 15 is 0 Å². The summed E-state index contributed by atoms with van der Waals surface area (Å²) in [4.78, 5) is 12.2. The lowest BCUT2D eigenvalue weighted by Gasteiger charge is -2.29. The van der Waals surface area contributed by atoms with Crippen LogP contribution < -0.4 is 0 Å². The number of benzene rings is 1. The predicted molar refractivity (Wildman–Crippen MR) is 79.8 cm³/mol. The Balaban J connectivity index is 2.53. The second-order valence-corrected chi connectivity index (χ2v) is 7.33. The third-order valence-corrected chi connectivity index (χ3v) is 4.68. The van der Waals surface area contributed by atoms with E-state index in [1.165, 1.54) is 11.1 Å². The molecule has 2 unspecified atom stereocenters. The molecule has 1 aromatic rings. The fraction of sp³-hybridized carbons (Fsp3) is 0.562. The maximum Gasteiger partial charge on any atom is 0.176 e. The molecule has 0 fully saturated rings. The zero-order chi connectivity index (χ0) is 13.5. The van der Waals surface area contributed by atoms with Crippen molar-refractivity contribution in [3.63, 3.8) is 0 Å². The van der Waals surface area contributed by atoms with Crippen molar-refractivity contribution in [2.24, 2.45) is 0 Å². The molecule has 1 aliphatic carbocycles. The van der Waals surface area contributed by atoms with Crippen LogP contribution in [0, 0.1) is 0 Å². The summed E-state index contributed by atoms with van der Waals surface area (Å²) in [5, 5.41) is 0. The Hall–Kier alpha value is -0.630. The number of ketones is 1. The van der Waals surface area contributed by atoms with E-state index in [4.69, 9.17) is 0 Å². The van der Waals surface area contributed by atoms with Crippen LogP contribution in [-0.2, 0) is 5.41 Å². The smallest absolute Gasteiger partial charge is 0.176 e. The van der Waals surface area contributed by atoms with Gasteiger partial charge in [-0.1, -0.05) is 61.8 Å². The molecular formula is C16H21BrO. The molecule has 0 amide bonds. The normalized spacial score (nSPS) is 23.9. The molecule has 0 bridgehead atoms. The topological polar surface area (TPSA) is 17.1 Å². The Morgan fingerprint density at radius 2 is 2.00 bits per heavy atom. The number of hydrogen-bond donors (Lipinski definition) is 0. The highest BCUT2D eigenvalue weighted by Crippen LogP contribution is 2.38. The third kappa shape index (κ3) is 2.40. The monoisotopic (exact) mass is 308 g/mol. The summed E-state index contributed by atoms with van der Waals surface area (Å²) >= 11 is 3.51. The van der Waals surface area contributed by atoms with E-state index in [1.807, 2.05) is 6.07 Å². The first kappa shape index (κ1) is 13.8. The summed E-state index contributed by atoms with van der Waals surface area (Å²) in [5.74, 6) is 0.750. The lowest BCUT2D eigenvalue weighted by atomic mass is 9.77. The molecule has 0 saturated heterocycles. The maximum absolute atomic E-state index is 12.2. The van der Waals surface area contributed by atoms with Crippen LogP contribution in [0.2, 0.25) is 0 Å². The first-order chi connectivity index (χ1) is 8.34. The number of Topliss-reactive ketones (excluding diaryl/α,β-unsaturated/α-hetero) is 1. The van der Waals surface area contributed by atoms with Gasteiger partial charge in [-0.05, 0) is 35.3 Å². The molecular weight excluding hydrogens is 288 g/mol. The minimum atomic E-state index is -0.00423. The summed E-state index contributed by atoms with van der Waals surface area (Å²) < 4.78 is 0. The van der Waals surface area contributed by atoms with Crippen LogP contribution in [-0.4, -0.2) is 10.6 Å². The number of hydrogen-bond acceptors (Lipinski definition) is 1. The Kier molecular flexibility index (Phi) is 3.68. The van der Waals surface area contributed by atoms with Crippen LogP contribution >= 0.6 is 15.9 Å². The van der Waals surface area contributed by atoms with Gasteiger partial charge in [0, 0.05) is 5.56 Å². The van der Waals surface area contributed by atoms with Crippen LogP contribution in [0.5, 0.6) is 0 Å². The molecule has 98 valence electrons. The van der Waals surface area contributed by atoms with E-state index in [9.17, 15) is 4.79 Å². The SMILES string of the molecule is CCC1CC(Br)C(=O)c2ccc(C(C)(C)C)cc21. The van der Waals surface area contributed by atoms with Gasteiger partial charge >= 0.3 is 0 Å². The van der Waals surface area contributed by atoms with Crippen molar-refractivity contribution in [1.29, 1.82) is 0 Å². The molecule has 1 aliphatic rings. The quantitative estimate of drug-likeness (QED) is 0.679. The summed E-state index contributed by atoms with van der Waals surface area (Å²) in [6.45, 7) is 8.85. The lowest BCUT2D eigenvalue weighted by Crippen LogP contribution is -2.26. The van der Waals surface area contributed by atoms with Crippen LogP contribution in [0.4, 0.5) is 0 Å². The minimum Gasteiger partial charge on any atom is -0.293 e. The van der Waals surface area contributed by atoms with Crippen molar-refractivity contribution in [3.8, 4) is 0 Å². The van der Waals surface area contributed by atoms with Crippen molar-refractivity contribution in [2.45, 2.75) is 56.7 Å². The summed E-state index contributed by atoms with van der Waals surface area (Å²) in [6.07, 6.45) is 2.02. The molecule has 0 radical (unpaired) electrons. The van der Waals surface area contributed by atoms with Gasteiger partial charge in [-0.15, -0.1) is 0 Å². The first-order valence-electron chi connectivity index (χ1n) is 6.67. The van der Waals surface area contributed by atoms with Crippen molar-refractivity contribution in [1.82, 2.24) is 0 Å². The number of carbonyl (C=O) groups is 1. The van der Waals surface area contributed by atoms with Gasteiger partial charge in [-0.25, -0.2) is 0 Å². The standard InChI is InChI=1S/C16H21BrO/c1-5-10-8-14(17)15(18)12-7-6-11(9-13(10)12)16(2,3)4/h6-7,9-10,14H,5,8H2,1-4H3. The summed E-state index contributed by atoms with van der Waals surface area (Å²) in [7, 11) is 0. The number of rotatable bonds is 1. The average molecular weight is 309 g/mol. The Morgan fingerprint density at radius 3 is 2.56 bits per heavy atom. The molecule has 0 N–H and O–H groups in total. The van der Waals surface area contributed by atoms with Crippen LogP contribution in [0.1, 0.15) is 67.9 Å². The summed E-state index contributed by atoms with van der Waals surface area (Å²) in [5.41, 5.74) is 3.64. The molecule has 1 nitrogen and oxygen atoms in total. The fourth-order valence-corrected chi connectivity index (χ4v) is 3.33. The number of carbonyl (C=O) groups excluding carboxylic acids is 1. The van der Waals surface area contributed by atoms with Gasteiger partial charge in [0.05, 0.1) is 4.83 Å². The van der Waals surface area contributed by atoms with Gasteiger partial charge in [-0.3, -0.25) is 4.79 Å². The van der Waals surface area contributed by atoms with Crippen molar-refractivity contribution in [2.75, 3.05) is 0 Å². The highest BCUT2D eigenvalue weighted by Gasteiger charge is 2.32. The number of fused-ring (bicyclic) bond motifs is 1. The van der Waals surface area contributed by atoms with Gasteiger partial charge in [0.2, 0.25) is 0 Å². The van der Waals surface area contributed by atoms with Crippen molar-refractivity contribution >= 4 is 21.7 Å². The predicted octanol–water partition coefficient (Wildman–Crippen LogP) is 4.83. The number of alkyl halides is 1. The van der Waals surface area contributed by atoms with Crippen molar-refractivity contribution in [3.05, 3.63) is 34.9 Å². The third-order valence-electron chi connectivity index (χ3n) is 3.89. The zero-order valence-electron chi connectivity index (χ0n) is 11.6. The Labute approximate surface area is 118 Å². The highest BCUT2D eigenvalue weighted by molar-refractivity contribution is 9.10. The van der Waals surface area contributed by atoms with E-state index in [2.05, 4.69) is 55.8 Å². The maximum atomic E-state index is 12.2. The van der Waals surface area contributed by atoms with Crippen LogP contribution in [0.25, 0.3) is 0 Å². The van der Waals surface area contributed by atoms with E-state index in [0.717, 1.165) is 18.4 Å². The van der Waals surface area contributed by atoms with E-state index in [0.29, 0.717) is 5.92 Å². The van der Waals surface area contributed by atoms with Crippen LogP contribution in [0.15, 0.2) is 18.2 Å². The molecule has 1 aromatic carbocycles. The molecule has 0 saturated carbocycles. The van der Waals surface area contributed by atoms with Gasteiger partial charge in [0.15, 0.2) is 5.78 Å². The second kappa shape index (κ2) is 4.80. The van der Waals surface area contributed by atoms with E-state index in [-0.39, 0.29) is 16.0 Å². The molecule has 2 heteroatoms. The molecule has 0 spiro atoms.